The standard InChI is InChI=1S/C11H22BrNO2Si/c1-8-7-9(13(12)10(8)14)15-16(5,6)11(2,3)4/h8-9H,7H2,1-6H3. The lowest BCUT2D eigenvalue weighted by Crippen LogP contribution is -2.46. The summed E-state index contributed by atoms with van der Waals surface area (Å²) in [5.41, 5.74) is 0. The van der Waals surface area contributed by atoms with Crippen LogP contribution in [-0.4, -0.2) is 24.4 Å². The predicted molar refractivity (Wildman–Crippen MR) is 71.6 cm³/mol. The van der Waals surface area contributed by atoms with Crippen LogP contribution in [0.3, 0.4) is 0 Å². The van der Waals surface area contributed by atoms with Crippen molar-refractivity contribution in [3.05, 3.63) is 0 Å². The minimum atomic E-state index is -1.79. The van der Waals surface area contributed by atoms with E-state index >= 15 is 0 Å². The topological polar surface area (TPSA) is 29.5 Å². The summed E-state index contributed by atoms with van der Waals surface area (Å²) in [5.74, 6) is 0.192. The van der Waals surface area contributed by atoms with Gasteiger partial charge in [0, 0.05) is 12.3 Å². The molecule has 0 aromatic carbocycles. The summed E-state index contributed by atoms with van der Waals surface area (Å²) in [4.78, 5) is 11.7. The molecular formula is C11H22BrNO2Si. The molecule has 94 valence electrons. The van der Waals surface area contributed by atoms with E-state index in [0.29, 0.717) is 0 Å². The number of hydrogen-bond acceptors (Lipinski definition) is 2. The normalized spacial score (nSPS) is 27.7. The molecule has 1 heterocycles. The first kappa shape index (κ1) is 14.2. The Morgan fingerprint density at radius 1 is 1.44 bits per heavy atom. The number of hydrogen-bond donors (Lipinski definition) is 0. The maximum atomic E-state index is 11.7. The van der Waals surface area contributed by atoms with Crippen LogP contribution < -0.4 is 0 Å². The van der Waals surface area contributed by atoms with Crippen molar-refractivity contribution in [3.63, 3.8) is 0 Å². The number of amides is 1. The lowest BCUT2D eigenvalue weighted by atomic mass is 10.1. The van der Waals surface area contributed by atoms with Gasteiger partial charge in [-0.2, -0.15) is 0 Å². The van der Waals surface area contributed by atoms with Crippen LogP contribution in [0.2, 0.25) is 18.1 Å². The van der Waals surface area contributed by atoms with E-state index in [4.69, 9.17) is 4.43 Å². The fourth-order valence-electron chi connectivity index (χ4n) is 1.46. The van der Waals surface area contributed by atoms with Gasteiger partial charge in [-0.05, 0) is 18.1 Å². The highest BCUT2D eigenvalue weighted by Gasteiger charge is 2.44. The molecule has 0 aromatic rings. The third kappa shape index (κ3) is 2.68. The quantitative estimate of drug-likeness (QED) is 0.577. The summed E-state index contributed by atoms with van der Waals surface area (Å²) in [7, 11) is -1.79. The van der Waals surface area contributed by atoms with E-state index in [-0.39, 0.29) is 23.1 Å². The Hall–Kier alpha value is 0.127. The fourth-order valence-corrected chi connectivity index (χ4v) is 3.45. The van der Waals surface area contributed by atoms with Crippen molar-refractivity contribution < 1.29 is 9.22 Å². The van der Waals surface area contributed by atoms with Crippen LogP contribution in [0, 0.1) is 5.92 Å². The molecule has 0 aliphatic carbocycles. The number of rotatable bonds is 2. The SMILES string of the molecule is CC1CC(O[Si](C)(C)C(C)(C)C)N(Br)C1=O. The summed E-state index contributed by atoms with van der Waals surface area (Å²) in [6, 6.07) is 0. The first-order valence-electron chi connectivity index (χ1n) is 5.73. The predicted octanol–water partition coefficient (Wildman–Crippen LogP) is 3.51. The van der Waals surface area contributed by atoms with Crippen molar-refractivity contribution in [1.82, 2.24) is 3.93 Å². The highest BCUT2D eigenvalue weighted by atomic mass is 79.9. The van der Waals surface area contributed by atoms with E-state index in [1.165, 1.54) is 0 Å². The Kier molecular flexibility index (Phi) is 3.92. The number of carbonyl (C=O) groups is 1. The van der Waals surface area contributed by atoms with Crippen molar-refractivity contribution in [2.75, 3.05) is 0 Å². The summed E-state index contributed by atoms with van der Waals surface area (Å²) in [5, 5.41) is 0.176. The van der Waals surface area contributed by atoms with Gasteiger partial charge in [0.25, 0.3) is 0 Å². The molecule has 0 N–H and O–H groups in total. The first-order chi connectivity index (χ1) is 7.06. The van der Waals surface area contributed by atoms with E-state index in [2.05, 4.69) is 50.0 Å². The zero-order chi connectivity index (χ0) is 12.7. The molecule has 1 fully saturated rings. The Bertz CT molecular complexity index is 288. The Morgan fingerprint density at radius 2 is 1.94 bits per heavy atom. The molecule has 1 saturated heterocycles. The summed E-state index contributed by atoms with van der Waals surface area (Å²) in [6.07, 6.45) is 0.694. The summed E-state index contributed by atoms with van der Waals surface area (Å²) in [6.45, 7) is 13.0. The smallest absolute Gasteiger partial charge is 0.237 e. The molecule has 16 heavy (non-hydrogen) atoms. The lowest BCUT2D eigenvalue weighted by molar-refractivity contribution is -0.127. The minimum absolute atomic E-state index is 0.0640. The highest BCUT2D eigenvalue weighted by molar-refractivity contribution is 9.07. The van der Waals surface area contributed by atoms with Gasteiger partial charge >= 0.3 is 0 Å². The van der Waals surface area contributed by atoms with Crippen molar-refractivity contribution in [1.29, 1.82) is 0 Å². The third-order valence-electron chi connectivity index (χ3n) is 3.68. The van der Waals surface area contributed by atoms with Gasteiger partial charge in [-0.15, -0.1) is 0 Å². The third-order valence-corrected chi connectivity index (χ3v) is 8.96. The van der Waals surface area contributed by atoms with E-state index in [0.717, 1.165) is 6.42 Å². The van der Waals surface area contributed by atoms with Gasteiger partial charge in [0.1, 0.15) is 6.23 Å². The largest absolute Gasteiger partial charge is 0.396 e. The van der Waals surface area contributed by atoms with Crippen molar-refractivity contribution in [3.8, 4) is 0 Å². The zero-order valence-electron chi connectivity index (χ0n) is 11.0. The van der Waals surface area contributed by atoms with Gasteiger partial charge in [-0.25, -0.2) is 0 Å². The second kappa shape index (κ2) is 4.42. The van der Waals surface area contributed by atoms with E-state index in [1.807, 2.05) is 6.92 Å². The maximum absolute atomic E-state index is 11.7. The van der Waals surface area contributed by atoms with Crippen LogP contribution in [-0.2, 0) is 9.22 Å². The second-order valence-electron chi connectivity index (χ2n) is 6.12. The van der Waals surface area contributed by atoms with Crippen LogP contribution in [0.5, 0.6) is 0 Å². The van der Waals surface area contributed by atoms with E-state index in [1.54, 1.807) is 3.93 Å². The molecule has 1 aliphatic heterocycles. The van der Waals surface area contributed by atoms with Crippen LogP contribution in [0.15, 0.2) is 0 Å². The van der Waals surface area contributed by atoms with Crippen molar-refractivity contribution >= 4 is 30.4 Å². The molecule has 1 aliphatic rings. The van der Waals surface area contributed by atoms with Crippen LogP contribution >= 0.6 is 16.1 Å². The Labute approximate surface area is 108 Å². The van der Waals surface area contributed by atoms with Gasteiger partial charge < -0.3 is 4.43 Å². The summed E-state index contributed by atoms with van der Waals surface area (Å²) >= 11 is 3.31. The molecule has 5 heteroatoms. The maximum Gasteiger partial charge on any atom is 0.237 e. The van der Waals surface area contributed by atoms with Gasteiger partial charge in [0.05, 0.1) is 16.1 Å². The molecular weight excluding hydrogens is 286 g/mol. The number of carbonyl (C=O) groups excluding carboxylic acids is 1. The lowest BCUT2D eigenvalue weighted by Gasteiger charge is -2.39. The van der Waals surface area contributed by atoms with Gasteiger partial charge in [0.2, 0.25) is 5.91 Å². The molecule has 1 amide bonds. The monoisotopic (exact) mass is 307 g/mol. The first-order valence-corrected chi connectivity index (χ1v) is 9.34. The average molecular weight is 308 g/mol. The van der Waals surface area contributed by atoms with E-state index < -0.39 is 8.32 Å². The molecule has 0 saturated carbocycles. The fraction of sp³-hybridized carbons (Fsp3) is 0.909. The summed E-state index contributed by atoms with van der Waals surface area (Å²) < 4.78 is 7.79. The molecule has 0 radical (unpaired) electrons. The number of nitrogens with zero attached hydrogens (tertiary/aromatic N) is 1. The van der Waals surface area contributed by atoms with Gasteiger partial charge in [-0.3, -0.25) is 8.72 Å². The average Bonchev–Trinajstić information content (AvgIpc) is 2.31. The Balaban J connectivity index is 2.73. The number of halogens is 1. The van der Waals surface area contributed by atoms with E-state index in [9.17, 15) is 4.79 Å². The molecule has 0 spiro atoms. The molecule has 0 bridgehead atoms. The van der Waals surface area contributed by atoms with Gasteiger partial charge in [-0.1, -0.05) is 27.7 Å². The highest BCUT2D eigenvalue weighted by Crippen LogP contribution is 2.40. The molecule has 0 aromatic heterocycles. The molecule has 2 unspecified atom stereocenters. The van der Waals surface area contributed by atoms with Gasteiger partial charge in [0.15, 0.2) is 8.32 Å². The Morgan fingerprint density at radius 3 is 2.25 bits per heavy atom. The molecule has 2 atom stereocenters. The second-order valence-corrected chi connectivity index (χ2v) is 11.6. The minimum Gasteiger partial charge on any atom is -0.396 e. The van der Waals surface area contributed by atoms with Crippen molar-refractivity contribution in [2.45, 2.75) is 58.5 Å². The van der Waals surface area contributed by atoms with Crippen LogP contribution in [0.25, 0.3) is 0 Å². The van der Waals surface area contributed by atoms with Crippen LogP contribution in [0.1, 0.15) is 34.1 Å². The van der Waals surface area contributed by atoms with Crippen LogP contribution in [0.4, 0.5) is 0 Å². The molecule has 3 nitrogen and oxygen atoms in total. The van der Waals surface area contributed by atoms with Crippen molar-refractivity contribution in [2.24, 2.45) is 5.92 Å². The molecule has 1 rings (SSSR count). The zero-order valence-corrected chi connectivity index (χ0v) is 13.6.